The Bertz CT molecular complexity index is 173. The van der Waals surface area contributed by atoms with Crippen molar-refractivity contribution >= 4 is 11.0 Å². The van der Waals surface area contributed by atoms with Crippen LogP contribution in [0.25, 0.3) is 0 Å². The van der Waals surface area contributed by atoms with Gasteiger partial charge in [-0.1, -0.05) is 19.3 Å². The molecule has 0 aromatic rings. The van der Waals surface area contributed by atoms with Gasteiger partial charge in [0.15, 0.2) is 0 Å². The summed E-state index contributed by atoms with van der Waals surface area (Å²) in [4.78, 5) is 0. The van der Waals surface area contributed by atoms with Crippen molar-refractivity contribution in [3.05, 3.63) is 0 Å². The van der Waals surface area contributed by atoms with Crippen LogP contribution in [0, 0.1) is 0 Å². The molecule has 0 heterocycles. The van der Waals surface area contributed by atoms with E-state index >= 15 is 0 Å². The predicted molar refractivity (Wildman–Crippen MR) is 51.2 cm³/mol. The molecular formula is C9H17NOS. The van der Waals surface area contributed by atoms with E-state index in [1.165, 1.54) is 44.9 Å². The van der Waals surface area contributed by atoms with Gasteiger partial charge in [-0.3, -0.25) is 0 Å². The molecule has 2 saturated carbocycles. The van der Waals surface area contributed by atoms with Gasteiger partial charge in [0, 0.05) is 11.3 Å². The van der Waals surface area contributed by atoms with Crippen molar-refractivity contribution in [2.45, 2.75) is 56.2 Å². The zero-order chi connectivity index (χ0) is 8.39. The maximum Gasteiger partial charge on any atom is 0.0949 e. The minimum atomic E-state index is -0.708. The molecule has 0 aromatic heterocycles. The second-order valence-corrected chi connectivity index (χ2v) is 5.45. The molecule has 70 valence electrons. The molecular weight excluding hydrogens is 170 g/mol. The summed E-state index contributed by atoms with van der Waals surface area (Å²) >= 11 is 0. The van der Waals surface area contributed by atoms with Crippen LogP contribution in [0.15, 0.2) is 0 Å². The van der Waals surface area contributed by atoms with Gasteiger partial charge in [-0.25, -0.2) is 8.93 Å². The van der Waals surface area contributed by atoms with E-state index in [-0.39, 0.29) is 0 Å². The van der Waals surface area contributed by atoms with Crippen LogP contribution in [-0.2, 0) is 11.0 Å². The fraction of sp³-hybridized carbons (Fsp3) is 1.00. The number of rotatable bonds is 3. The van der Waals surface area contributed by atoms with Gasteiger partial charge in [0.1, 0.15) is 0 Å². The molecule has 1 N–H and O–H groups in total. The largest absolute Gasteiger partial charge is 0.243 e. The molecule has 0 saturated heterocycles. The van der Waals surface area contributed by atoms with Gasteiger partial charge < -0.3 is 0 Å². The summed E-state index contributed by atoms with van der Waals surface area (Å²) in [5.74, 6) is 0. The van der Waals surface area contributed by atoms with E-state index in [1.54, 1.807) is 0 Å². The van der Waals surface area contributed by atoms with Gasteiger partial charge in [0.25, 0.3) is 0 Å². The van der Waals surface area contributed by atoms with Crippen molar-refractivity contribution in [1.82, 2.24) is 4.72 Å². The molecule has 1 unspecified atom stereocenters. The van der Waals surface area contributed by atoms with Crippen molar-refractivity contribution in [3.63, 3.8) is 0 Å². The molecule has 0 spiro atoms. The summed E-state index contributed by atoms with van der Waals surface area (Å²) in [5, 5.41) is 0.493. The molecule has 0 bridgehead atoms. The summed E-state index contributed by atoms with van der Waals surface area (Å²) in [7, 11) is -0.708. The molecule has 2 nitrogen and oxygen atoms in total. The van der Waals surface area contributed by atoms with Crippen LogP contribution in [0.3, 0.4) is 0 Å². The van der Waals surface area contributed by atoms with Crippen LogP contribution in [0.2, 0.25) is 0 Å². The maximum atomic E-state index is 11.5. The zero-order valence-electron chi connectivity index (χ0n) is 7.42. The Morgan fingerprint density at radius 2 is 1.67 bits per heavy atom. The average Bonchev–Trinajstić information content (AvgIpc) is 2.88. The third kappa shape index (κ3) is 2.30. The van der Waals surface area contributed by atoms with Crippen LogP contribution in [0.4, 0.5) is 0 Å². The summed E-state index contributed by atoms with van der Waals surface area (Å²) in [6, 6.07) is 0.556. The average molecular weight is 187 g/mol. The van der Waals surface area contributed by atoms with Crippen molar-refractivity contribution in [2.75, 3.05) is 0 Å². The van der Waals surface area contributed by atoms with E-state index in [4.69, 9.17) is 0 Å². The Morgan fingerprint density at radius 1 is 1.00 bits per heavy atom. The lowest BCUT2D eigenvalue weighted by molar-refractivity contribution is 0.419. The fourth-order valence-corrected chi connectivity index (χ4v) is 3.08. The zero-order valence-corrected chi connectivity index (χ0v) is 8.24. The Kier molecular flexibility index (Phi) is 2.81. The van der Waals surface area contributed by atoms with E-state index in [0.29, 0.717) is 11.3 Å². The molecule has 3 heteroatoms. The van der Waals surface area contributed by atoms with Crippen molar-refractivity contribution < 1.29 is 4.21 Å². The van der Waals surface area contributed by atoms with Gasteiger partial charge in [0.05, 0.1) is 11.0 Å². The molecule has 1 atom stereocenters. The minimum absolute atomic E-state index is 0.493. The first-order valence-electron chi connectivity index (χ1n) is 5.03. The van der Waals surface area contributed by atoms with Gasteiger partial charge in [-0.15, -0.1) is 0 Å². The molecule has 0 radical (unpaired) electrons. The summed E-state index contributed by atoms with van der Waals surface area (Å²) < 4.78 is 14.7. The Hall–Kier alpha value is 0.110. The number of hydrogen-bond donors (Lipinski definition) is 1. The molecule has 2 aliphatic rings. The summed E-state index contributed by atoms with van der Waals surface area (Å²) in [6.07, 6.45) is 8.82. The van der Waals surface area contributed by atoms with E-state index in [1.807, 2.05) is 0 Å². The van der Waals surface area contributed by atoms with E-state index < -0.39 is 11.0 Å². The lowest BCUT2D eigenvalue weighted by atomic mass is 9.96. The molecule has 0 amide bonds. The topological polar surface area (TPSA) is 29.1 Å². The van der Waals surface area contributed by atoms with Crippen molar-refractivity contribution in [3.8, 4) is 0 Å². The second kappa shape index (κ2) is 3.88. The highest BCUT2D eigenvalue weighted by Crippen LogP contribution is 2.26. The standard InChI is InChI=1S/C9H17NOS/c11-12(9-6-7-9)10-8-4-2-1-3-5-8/h8-10H,1-7H2. The van der Waals surface area contributed by atoms with Crippen molar-refractivity contribution in [2.24, 2.45) is 0 Å². The quantitative estimate of drug-likeness (QED) is 0.716. The normalized spacial score (nSPS) is 28.7. The molecule has 2 fully saturated rings. The Balaban J connectivity index is 1.73. The van der Waals surface area contributed by atoms with Gasteiger partial charge >= 0.3 is 0 Å². The lowest BCUT2D eigenvalue weighted by Gasteiger charge is -2.21. The maximum absolute atomic E-state index is 11.5. The van der Waals surface area contributed by atoms with Crippen LogP contribution >= 0.6 is 0 Å². The SMILES string of the molecule is O=S(NC1CCCCC1)C1CC1. The molecule has 0 aliphatic heterocycles. The van der Waals surface area contributed by atoms with E-state index in [0.717, 1.165) is 0 Å². The fourth-order valence-electron chi connectivity index (χ4n) is 1.76. The highest BCUT2D eigenvalue weighted by atomic mass is 32.2. The monoisotopic (exact) mass is 187 g/mol. The first-order valence-corrected chi connectivity index (χ1v) is 6.24. The Labute approximate surface area is 76.7 Å². The first kappa shape index (κ1) is 8.70. The van der Waals surface area contributed by atoms with Crippen LogP contribution in [0.1, 0.15) is 44.9 Å². The molecule has 2 rings (SSSR count). The first-order chi connectivity index (χ1) is 5.86. The lowest BCUT2D eigenvalue weighted by Crippen LogP contribution is -2.34. The van der Waals surface area contributed by atoms with Crippen LogP contribution in [-0.4, -0.2) is 15.5 Å². The minimum Gasteiger partial charge on any atom is -0.243 e. The molecule has 0 aromatic carbocycles. The second-order valence-electron chi connectivity index (χ2n) is 3.95. The van der Waals surface area contributed by atoms with Crippen molar-refractivity contribution in [1.29, 1.82) is 0 Å². The third-order valence-electron chi connectivity index (χ3n) is 2.72. The number of nitrogens with one attached hydrogen (secondary N) is 1. The summed E-state index contributed by atoms with van der Waals surface area (Å²) in [6.45, 7) is 0. The van der Waals surface area contributed by atoms with E-state index in [9.17, 15) is 4.21 Å². The number of hydrogen-bond acceptors (Lipinski definition) is 1. The molecule has 12 heavy (non-hydrogen) atoms. The summed E-state index contributed by atoms with van der Waals surface area (Å²) in [5.41, 5.74) is 0. The van der Waals surface area contributed by atoms with Gasteiger partial charge in [-0.05, 0) is 25.7 Å². The van der Waals surface area contributed by atoms with Gasteiger partial charge in [-0.2, -0.15) is 0 Å². The van der Waals surface area contributed by atoms with Crippen LogP contribution < -0.4 is 4.72 Å². The Morgan fingerprint density at radius 3 is 2.25 bits per heavy atom. The van der Waals surface area contributed by atoms with Gasteiger partial charge in [0.2, 0.25) is 0 Å². The predicted octanol–water partition coefficient (Wildman–Crippen LogP) is 1.73. The smallest absolute Gasteiger partial charge is 0.0949 e. The molecule has 2 aliphatic carbocycles. The van der Waals surface area contributed by atoms with E-state index in [2.05, 4.69) is 4.72 Å². The van der Waals surface area contributed by atoms with Crippen LogP contribution in [0.5, 0.6) is 0 Å². The highest BCUT2D eigenvalue weighted by molar-refractivity contribution is 7.84. The third-order valence-corrected chi connectivity index (χ3v) is 4.36. The highest BCUT2D eigenvalue weighted by Gasteiger charge is 2.30.